The molecule has 0 fully saturated rings. The van der Waals surface area contributed by atoms with Crippen molar-refractivity contribution < 1.29 is 9.53 Å². The van der Waals surface area contributed by atoms with Crippen LogP contribution < -0.4 is 11.1 Å². The van der Waals surface area contributed by atoms with Crippen LogP contribution in [0.5, 0.6) is 0 Å². The first-order chi connectivity index (χ1) is 11.2. The maximum Gasteiger partial charge on any atom is 0.307 e. The van der Waals surface area contributed by atoms with Crippen LogP contribution in [0.1, 0.15) is 13.3 Å². The minimum atomic E-state index is -0.174. The van der Waals surface area contributed by atoms with E-state index in [0.717, 1.165) is 11.4 Å². The molecule has 2 aromatic rings. The maximum absolute atomic E-state index is 11.3. The van der Waals surface area contributed by atoms with E-state index in [2.05, 4.69) is 17.4 Å². The van der Waals surface area contributed by atoms with Gasteiger partial charge in [-0.3, -0.25) is 4.79 Å². The zero-order valence-electron chi connectivity index (χ0n) is 13.0. The second-order valence-corrected chi connectivity index (χ2v) is 7.02. The van der Waals surface area contributed by atoms with Crippen molar-refractivity contribution in [2.45, 2.75) is 23.1 Å². The Labute approximate surface area is 144 Å². The summed E-state index contributed by atoms with van der Waals surface area (Å²) in [6, 6.07) is 16.0. The third kappa shape index (κ3) is 6.46. The molecule has 2 aromatic carbocycles. The number of esters is 1. The lowest BCUT2D eigenvalue weighted by Crippen LogP contribution is -2.11. The number of carbonyl (C=O) groups is 1. The molecule has 6 heteroatoms. The molecule has 0 saturated heterocycles. The Morgan fingerprint density at radius 2 is 1.61 bits per heavy atom. The number of rotatable bonds is 8. The summed E-state index contributed by atoms with van der Waals surface area (Å²) in [5.41, 5.74) is 7.45. The summed E-state index contributed by atoms with van der Waals surface area (Å²) in [6.07, 6.45) is 0.372. The Bertz CT molecular complexity index is 615. The highest BCUT2D eigenvalue weighted by atomic mass is 33.1. The number of nitrogens with one attached hydrogen (secondary N) is 1. The third-order valence-electron chi connectivity index (χ3n) is 2.93. The molecule has 122 valence electrons. The van der Waals surface area contributed by atoms with Gasteiger partial charge in [-0.15, -0.1) is 0 Å². The topological polar surface area (TPSA) is 64.3 Å². The number of anilines is 2. The van der Waals surface area contributed by atoms with E-state index in [-0.39, 0.29) is 5.97 Å². The molecule has 0 amide bonds. The van der Waals surface area contributed by atoms with Crippen LogP contribution in [0.25, 0.3) is 0 Å². The molecule has 0 bridgehead atoms. The Morgan fingerprint density at radius 1 is 1.04 bits per heavy atom. The van der Waals surface area contributed by atoms with Crippen LogP contribution in [0.4, 0.5) is 11.4 Å². The highest BCUT2D eigenvalue weighted by Crippen LogP contribution is 2.37. The molecular formula is C17H20N2O2S2. The molecule has 0 aliphatic rings. The largest absolute Gasteiger partial charge is 0.466 e. The molecule has 0 spiro atoms. The van der Waals surface area contributed by atoms with E-state index < -0.39 is 0 Å². The molecule has 0 radical (unpaired) electrons. The molecule has 0 aliphatic carbocycles. The molecule has 4 nitrogen and oxygen atoms in total. The van der Waals surface area contributed by atoms with E-state index >= 15 is 0 Å². The van der Waals surface area contributed by atoms with Gasteiger partial charge >= 0.3 is 5.97 Å². The summed E-state index contributed by atoms with van der Waals surface area (Å²) < 4.78 is 4.89. The van der Waals surface area contributed by atoms with E-state index in [1.54, 1.807) is 21.6 Å². The van der Waals surface area contributed by atoms with Gasteiger partial charge in [0, 0.05) is 27.7 Å². The van der Waals surface area contributed by atoms with Crippen molar-refractivity contribution in [2.24, 2.45) is 0 Å². The van der Waals surface area contributed by atoms with Crippen LogP contribution in [0, 0.1) is 0 Å². The SMILES string of the molecule is CCOC(=O)CCNc1ccc(SSc2ccc(N)cc2)cc1. The Kier molecular flexibility index (Phi) is 7.16. The van der Waals surface area contributed by atoms with Crippen LogP contribution in [0.3, 0.4) is 0 Å². The standard InChI is InChI=1S/C17H20N2O2S2/c1-2-21-17(20)11-12-19-14-5-9-16(10-6-14)23-22-15-7-3-13(18)4-8-15/h3-10,19H,2,11-12,18H2,1H3. The van der Waals surface area contributed by atoms with Crippen molar-refractivity contribution in [3.63, 3.8) is 0 Å². The Hall–Kier alpha value is -1.79. The fourth-order valence-corrected chi connectivity index (χ4v) is 3.72. The van der Waals surface area contributed by atoms with Gasteiger partial charge < -0.3 is 15.8 Å². The van der Waals surface area contributed by atoms with Gasteiger partial charge in [-0.2, -0.15) is 0 Å². The maximum atomic E-state index is 11.3. The zero-order chi connectivity index (χ0) is 16.5. The first-order valence-corrected chi connectivity index (χ1v) is 9.52. The van der Waals surface area contributed by atoms with Gasteiger partial charge in [0.15, 0.2) is 0 Å². The van der Waals surface area contributed by atoms with Gasteiger partial charge in [0.25, 0.3) is 0 Å². The van der Waals surface area contributed by atoms with Gasteiger partial charge in [0.05, 0.1) is 13.0 Å². The summed E-state index contributed by atoms with van der Waals surface area (Å²) >= 11 is 0. The van der Waals surface area contributed by atoms with E-state index in [0.29, 0.717) is 19.6 Å². The van der Waals surface area contributed by atoms with E-state index in [1.807, 2.05) is 43.3 Å². The zero-order valence-corrected chi connectivity index (χ0v) is 14.6. The minimum absolute atomic E-state index is 0.174. The molecule has 0 aliphatic heterocycles. The van der Waals surface area contributed by atoms with Crippen molar-refractivity contribution in [2.75, 3.05) is 24.2 Å². The van der Waals surface area contributed by atoms with Crippen molar-refractivity contribution in [3.8, 4) is 0 Å². The number of hydrogen-bond acceptors (Lipinski definition) is 6. The molecular weight excluding hydrogens is 328 g/mol. The molecule has 0 unspecified atom stereocenters. The lowest BCUT2D eigenvalue weighted by Gasteiger charge is -2.07. The molecule has 0 saturated carbocycles. The first-order valence-electron chi connectivity index (χ1n) is 7.37. The van der Waals surface area contributed by atoms with Gasteiger partial charge in [0.1, 0.15) is 0 Å². The summed E-state index contributed by atoms with van der Waals surface area (Å²) in [5.74, 6) is -0.174. The summed E-state index contributed by atoms with van der Waals surface area (Å²) in [7, 11) is 3.39. The van der Waals surface area contributed by atoms with E-state index in [1.165, 1.54) is 9.79 Å². The number of nitrogens with two attached hydrogens (primary N) is 1. The predicted octanol–water partition coefficient (Wildman–Crippen LogP) is 4.43. The van der Waals surface area contributed by atoms with Gasteiger partial charge in [-0.25, -0.2) is 0 Å². The quantitative estimate of drug-likeness (QED) is 0.418. The molecule has 0 heterocycles. The highest BCUT2D eigenvalue weighted by Gasteiger charge is 2.02. The average Bonchev–Trinajstić information content (AvgIpc) is 2.56. The van der Waals surface area contributed by atoms with E-state index in [9.17, 15) is 4.79 Å². The lowest BCUT2D eigenvalue weighted by molar-refractivity contribution is -0.142. The van der Waals surface area contributed by atoms with Crippen molar-refractivity contribution in [1.29, 1.82) is 0 Å². The van der Waals surface area contributed by atoms with Crippen molar-refractivity contribution in [3.05, 3.63) is 48.5 Å². The number of nitrogen functional groups attached to an aromatic ring is 1. The second kappa shape index (κ2) is 9.37. The first kappa shape index (κ1) is 17.6. The summed E-state index contributed by atoms with van der Waals surface area (Å²) in [5, 5.41) is 3.21. The van der Waals surface area contributed by atoms with Crippen LogP contribution >= 0.6 is 21.6 Å². The molecule has 2 rings (SSSR count). The van der Waals surface area contributed by atoms with Gasteiger partial charge in [-0.05, 0) is 55.5 Å². The fraction of sp³-hybridized carbons (Fsp3) is 0.235. The molecule has 0 aromatic heterocycles. The van der Waals surface area contributed by atoms with Gasteiger partial charge in [-0.1, -0.05) is 21.6 Å². The van der Waals surface area contributed by atoms with Crippen molar-refractivity contribution >= 4 is 38.9 Å². The Morgan fingerprint density at radius 3 is 2.17 bits per heavy atom. The second-order valence-electron chi connectivity index (χ2n) is 4.74. The number of benzene rings is 2. The minimum Gasteiger partial charge on any atom is -0.466 e. The smallest absolute Gasteiger partial charge is 0.307 e. The van der Waals surface area contributed by atoms with E-state index in [4.69, 9.17) is 10.5 Å². The predicted molar refractivity (Wildman–Crippen MR) is 98.8 cm³/mol. The van der Waals surface area contributed by atoms with Crippen LogP contribution in [0.2, 0.25) is 0 Å². The monoisotopic (exact) mass is 348 g/mol. The van der Waals surface area contributed by atoms with Crippen LogP contribution in [0.15, 0.2) is 58.3 Å². The third-order valence-corrected chi connectivity index (χ3v) is 5.35. The highest BCUT2D eigenvalue weighted by molar-refractivity contribution is 8.76. The van der Waals surface area contributed by atoms with Crippen molar-refractivity contribution in [1.82, 2.24) is 0 Å². The number of carbonyl (C=O) groups excluding carboxylic acids is 1. The number of ether oxygens (including phenoxy) is 1. The van der Waals surface area contributed by atoms with Gasteiger partial charge in [0.2, 0.25) is 0 Å². The molecule has 0 atom stereocenters. The molecule has 23 heavy (non-hydrogen) atoms. The number of hydrogen-bond donors (Lipinski definition) is 2. The Balaban J connectivity index is 1.75. The summed E-state index contributed by atoms with van der Waals surface area (Å²) in [4.78, 5) is 13.6. The normalized spacial score (nSPS) is 10.3. The fourth-order valence-electron chi connectivity index (χ4n) is 1.79. The van der Waals surface area contributed by atoms with Crippen LogP contribution in [-0.4, -0.2) is 19.1 Å². The summed E-state index contributed by atoms with van der Waals surface area (Å²) in [6.45, 7) is 2.81. The average molecular weight is 348 g/mol. The van der Waals surface area contributed by atoms with Crippen LogP contribution in [-0.2, 0) is 9.53 Å². The molecule has 3 N–H and O–H groups in total. The lowest BCUT2D eigenvalue weighted by atomic mass is 10.3.